The van der Waals surface area contributed by atoms with Gasteiger partial charge in [0.05, 0.1) is 18.8 Å². The quantitative estimate of drug-likeness (QED) is 0.626. The van der Waals surface area contributed by atoms with Crippen molar-refractivity contribution in [1.82, 2.24) is 10.3 Å². The summed E-state index contributed by atoms with van der Waals surface area (Å²) in [4.78, 5) is 28.3. The topological polar surface area (TPSA) is 89.7 Å². The van der Waals surface area contributed by atoms with Gasteiger partial charge in [-0.1, -0.05) is 12.1 Å². The number of carbonyl (C=O) groups excluding carboxylic acids is 2. The minimum absolute atomic E-state index is 0.210. The van der Waals surface area contributed by atoms with Gasteiger partial charge < -0.3 is 24.5 Å². The van der Waals surface area contributed by atoms with Gasteiger partial charge in [0.15, 0.2) is 0 Å². The van der Waals surface area contributed by atoms with E-state index in [-0.39, 0.29) is 17.9 Å². The van der Waals surface area contributed by atoms with E-state index < -0.39 is 5.97 Å². The normalized spacial score (nSPS) is 15.4. The first-order valence-corrected chi connectivity index (χ1v) is 10.9. The van der Waals surface area contributed by atoms with Gasteiger partial charge in [0.25, 0.3) is 5.91 Å². The van der Waals surface area contributed by atoms with Crippen LogP contribution in [0.3, 0.4) is 0 Å². The van der Waals surface area contributed by atoms with Crippen LogP contribution in [0.1, 0.15) is 64.4 Å². The van der Waals surface area contributed by atoms with Crippen molar-refractivity contribution in [3.05, 3.63) is 52.3 Å². The number of rotatable bonds is 8. The van der Waals surface area contributed by atoms with E-state index in [1.807, 2.05) is 19.1 Å². The predicted molar refractivity (Wildman–Crippen MR) is 118 cm³/mol. The lowest BCUT2D eigenvalue weighted by atomic mass is 9.74. The van der Waals surface area contributed by atoms with E-state index in [1.165, 1.54) is 0 Å². The number of hydrogen-bond donors (Lipinski definition) is 2. The van der Waals surface area contributed by atoms with Crippen LogP contribution in [-0.2, 0) is 14.9 Å². The second kappa shape index (κ2) is 10.0. The lowest BCUT2D eigenvalue weighted by Crippen LogP contribution is -2.44. The SMILES string of the molecule is CCOC(=O)c1c(C)[nH]c(C(=O)NCC2(c3ccc(OCC)cc3)CCOCC2)c1C. The number of esters is 1. The molecule has 0 aliphatic carbocycles. The Morgan fingerprint density at radius 3 is 2.39 bits per heavy atom. The molecule has 1 aromatic heterocycles. The molecular weight excluding hydrogens is 396 g/mol. The minimum Gasteiger partial charge on any atom is -0.494 e. The monoisotopic (exact) mass is 428 g/mol. The zero-order chi connectivity index (χ0) is 22.4. The van der Waals surface area contributed by atoms with Crippen LogP contribution in [0.4, 0.5) is 0 Å². The highest BCUT2D eigenvalue weighted by molar-refractivity contribution is 6.00. The summed E-state index contributed by atoms with van der Waals surface area (Å²) in [5.41, 5.74) is 3.02. The molecule has 0 spiro atoms. The summed E-state index contributed by atoms with van der Waals surface area (Å²) in [5.74, 6) is 0.192. The summed E-state index contributed by atoms with van der Waals surface area (Å²) in [6.45, 7) is 9.95. The Labute approximate surface area is 183 Å². The van der Waals surface area contributed by atoms with E-state index in [0.29, 0.717) is 48.9 Å². The number of carbonyl (C=O) groups is 2. The van der Waals surface area contributed by atoms with Crippen molar-refractivity contribution in [2.75, 3.05) is 33.0 Å². The smallest absolute Gasteiger partial charge is 0.340 e. The molecule has 1 fully saturated rings. The van der Waals surface area contributed by atoms with Crippen molar-refractivity contribution in [2.24, 2.45) is 0 Å². The summed E-state index contributed by atoms with van der Waals surface area (Å²) in [7, 11) is 0. The fourth-order valence-electron chi connectivity index (χ4n) is 4.23. The zero-order valence-electron chi connectivity index (χ0n) is 18.8. The van der Waals surface area contributed by atoms with Gasteiger partial charge in [-0.25, -0.2) is 4.79 Å². The number of hydrogen-bond acceptors (Lipinski definition) is 5. The standard InChI is InChI=1S/C24H32N2O5/c1-5-30-19-9-7-18(8-10-19)24(11-13-29-14-12-24)15-25-22(27)21-16(3)20(17(4)26-21)23(28)31-6-2/h7-10,26H,5-6,11-15H2,1-4H3,(H,25,27). The van der Waals surface area contributed by atoms with Crippen molar-refractivity contribution >= 4 is 11.9 Å². The minimum atomic E-state index is -0.414. The van der Waals surface area contributed by atoms with E-state index in [2.05, 4.69) is 22.4 Å². The van der Waals surface area contributed by atoms with Crippen molar-refractivity contribution in [2.45, 2.75) is 46.0 Å². The van der Waals surface area contributed by atoms with Gasteiger partial charge >= 0.3 is 5.97 Å². The Balaban J connectivity index is 1.79. The Hall–Kier alpha value is -2.80. The van der Waals surface area contributed by atoms with Gasteiger partial charge in [0, 0.05) is 30.9 Å². The number of aryl methyl sites for hydroxylation is 1. The van der Waals surface area contributed by atoms with E-state index in [0.717, 1.165) is 24.2 Å². The average Bonchev–Trinajstić information content (AvgIpc) is 3.07. The van der Waals surface area contributed by atoms with Crippen molar-refractivity contribution < 1.29 is 23.8 Å². The van der Waals surface area contributed by atoms with Crippen molar-refractivity contribution in [3.63, 3.8) is 0 Å². The predicted octanol–water partition coefficient (Wildman–Crippen LogP) is 3.69. The first-order chi connectivity index (χ1) is 14.9. The molecule has 0 unspecified atom stereocenters. The summed E-state index contributed by atoms with van der Waals surface area (Å²) in [6, 6.07) is 8.10. The molecule has 1 amide bonds. The fourth-order valence-corrected chi connectivity index (χ4v) is 4.23. The highest BCUT2D eigenvalue weighted by Crippen LogP contribution is 2.35. The largest absolute Gasteiger partial charge is 0.494 e. The molecule has 0 bridgehead atoms. The van der Waals surface area contributed by atoms with Gasteiger partial charge in [0.2, 0.25) is 0 Å². The summed E-state index contributed by atoms with van der Waals surface area (Å²) in [6.07, 6.45) is 1.64. The van der Waals surface area contributed by atoms with Gasteiger partial charge in [-0.15, -0.1) is 0 Å². The molecule has 168 valence electrons. The van der Waals surface area contributed by atoms with Crippen LogP contribution >= 0.6 is 0 Å². The van der Waals surface area contributed by atoms with E-state index in [1.54, 1.807) is 20.8 Å². The average molecular weight is 429 g/mol. The first kappa shape index (κ1) is 22.9. The second-order valence-corrected chi connectivity index (χ2v) is 7.88. The maximum Gasteiger partial charge on any atom is 0.340 e. The summed E-state index contributed by atoms with van der Waals surface area (Å²) < 4.78 is 16.3. The number of ether oxygens (including phenoxy) is 3. The van der Waals surface area contributed by atoms with Crippen LogP contribution in [0.25, 0.3) is 0 Å². The van der Waals surface area contributed by atoms with E-state index >= 15 is 0 Å². The molecule has 0 radical (unpaired) electrons. The number of nitrogens with one attached hydrogen (secondary N) is 2. The molecule has 1 aliphatic rings. The molecule has 2 heterocycles. The van der Waals surface area contributed by atoms with Crippen LogP contribution in [0.2, 0.25) is 0 Å². The Bertz CT molecular complexity index is 911. The van der Waals surface area contributed by atoms with Crippen LogP contribution in [0.5, 0.6) is 5.75 Å². The van der Waals surface area contributed by atoms with Gasteiger partial charge in [0.1, 0.15) is 11.4 Å². The highest BCUT2D eigenvalue weighted by Gasteiger charge is 2.35. The molecule has 2 aromatic rings. The van der Waals surface area contributed by atoms with E-state index in [9.17, 15) is 9.59 Å². The molecule has 0 saturated carbocycles. The Kier molecular flexibility index (Phi) is 7.38. The van der Waals surface area contributed by atoms with E-state index in [4.69, 9.17) is 14.2 Å². The molecule has 0 atom stereocenters. The zero-order valence-corrected chi connectivity index (χ0v) is 18.8. The van der Waals surface area contributed by atoms with Crippen LogP contribution in [-0.4, -0.2) is 49.8 Å². The third kappa shape index (κ3) is 4.93. The van der Waals surface area contributed by atoms with Gasteiger partial charge in [-0.05, 0) is 63.8 Å². The Morgan fingerprint density at radius 1 is 1.10 bits per heavy atom. The molecular formula is C24H32N2O5. The molecule has 31 heavy (non-hydrogen) atoms. The maximum atomic E-state index is 13.0. The highest BCUT2D eigenvalue weighted by atomic mass is 16.5. The van der Waals surface area contributed by atoms with Crippen LogP contribution in [0, 0.1) is 13.8 Å². The molecule has 7 nitrogen and oxygen atoms in total. The lowest BCUT2D eigenvalue weighted by molar-refractivity contribution is 0.0486. The van der Waals surface area contributed by atoms with Crippen LogP contribution < -0.4 is 10.1 Å². The number of amides is 1. The van der Waals surface area contributed by atoms with Gasteiger partial charge in [-0.2, -0.15) is 0 Å². The van der Waals surface area contributed by atoms with Crippen LogP contribution in [0.15, 0.2) is 24.3 Å². The molecule has 1 aromatic carbocycles. The number of aromatic amines is 1. The third-order valence-corrected chi connectivity index (χ3v) is 5.96. The number of H-pyrrole nitrogens is 1. The van der Waals surface area contributed by atoms with Crippen molar-refractivity contribution in [1.29, 1.82) is 0 Å². The fraction of sp³-hybridized carbons (Fsp3) is 0.500. The third-order valence-electron chi connectivity index (χ3n) is 5.96. The van der Waals surface area contributed by atoms with Crippen molar-refractivity contribution in [3.8, 4) is 5.75 Å². The first-order valence-electron chi connectivity index (χ1n) is 10.9. The molecule has 7 heteroatoms. The molecule has 3 rings (SSSR count). The second-order valence-electron chi connectivity index (χ2n) is 7.88. The number of aromatic nitrogens is 1. The molecule has 2 N–H and O–H groups in total. The Morgan fingerprint density at radius 2 is 1.77 bits per heavy atom. The molecule has 1 aliphatic heterocycles. The lowest BCUT2D eigenvalue weighted by Gasteiger charge is -2.38. The van der Waals surface area contributed by atoms with Gasteiger partial charge in [-0.3, -0.25) is 4.79 Å². The number of benzene rings is 1. The summed E-state index contributed by atoms with van der Waals surface area (Å²) >= 11 is 0. The summed E-state index contributed by atoms with van der Waals surface area (Å²) in [5, 5.41) is 3.09. The molecule has 1 saturated heterocycles. The maximum absolute atomic E-state index is 13.0.